The number of aliphatic hydroxyl groups is 1. The van der Waals surface area contributed by atoms with Crippen molar-refractivity contribution in [2.75, 3.05) is 13.2 Å². The predicted molar refractivity (Wildman–Crippen MR) is 141 cm³/mol. The second-order valence-electron chi connectivity index (χ2n) is 9.11. The molecule has 5 rings (SSSR count). The van der Waals surface area contributed by atoms with Crippen LogP contribution in [0.25, 0.3) is 5.69 Å². The Kier molecular flexibility index (Phi) is 7.56. The number of benzene rings is 3. The van der Waals surface area contributed by atoms with E-state index in [0.717, 1.165) is 41.3 Å². The summed E-state index contributed by atoms with van der Waals surface area (Å²) in [5.74, 6) is 2.14. The van der Waals surface area contributed by atoms with Crippen LogP contribution in [0, 0.1) is 6.92 Å². The Hall–Kier alpha value is -3.32. The van der Waals surface area contributed by atoms with E-state index >= 15 is 0 Å². The van der Waals surface area contributed by atoms with Crippen molar-refractivity contribution in [2.24, 2.45) is 0 Å². The number of ether oxygens (including phenoxy) is 2. The van der Waals surface area contributed by atoms with Gasteiger partial charge in [-0.15, -0.1) is 0 Å². The molecule has 6 nitrogen and oxygen atoms in total. The van der Waals surface area contributed by atoms with Gasteiger partial charge in [0.05, 0.1) is 16.9 Å². The molecule has 1 atom stereocenters. The van der Waals surface area contributed by atoms with Gasteiger partial charge in [-0.25, -0.2) is 4.68 Å². The Balaban J connectivity index is 1.39. The lowest BCUT2D eigenvalue weighted by atomic mass is 10.2. The molecule has 36 heavy (non-hydrogen) atoms. The molecule has 1 N–H and O–H groups in total. The molecule has 1 aromatic heterocycles. The molecule has 1 aliphatic carbocycles. The molecule has 1 saturated carbocycles. The second-order valence-corrected chi connectivity index (χ2v) is 9.55. The lowest BCUT2D eigenvalue weighted by molar-refractivity contribution is 0.0623. The number of rotatable bonds is 11. The molecule has 0 unspecified atom stereocenters. The highest BCUT2D eigenvalue weighted by atomic mass is 35.5. The van der Waals surface area contributed by atoms with Crippen LogP contribution < -0.4 is 9.47 Å². The van der Waals surface area contributed by atoms with Crippen LogP contribution in [0.5, 0.6) is 17.4 Å². The number of hydrogen-bond acceptors (Lipinski definition) is 5. The van der Waals surface area contributed by atoms with E-state index in [1.807, 2.05) is 96.5 Å². The van der Waals surface area contributed by atoms with Crippen molar-refractivity contribution >= 4 is 11.6 Å². The molecule has 3 aromatic carbocycles. The Labute approximate surface area is 216 Å². The average Bonchev–Trinajstić information content (AvgIpc) is 3.70. The van der Waals surface area contributed by atoms with Crippen molar-refractivity contribution in [3.8, 4) is 23.1 Å². The Morgan fingerprint density at radius 2 is 1.69 bits per heavy atom. The number of nitrogens with zero attached hydrogens (tertiary/aromatic N) is 3. The predicted octanol–water partition coefficient (Wildman–Crippen LogP) is 6.03. The quantitative estimate of drug-likeness (QED) is 0.271. The summed E-state index contributed by atoms with van der Waals surface area (Å²) in [4.78, 5) is 2.31. The molecule has 7 heteroatoms. The number of hydrogen-bond donors (Lipinski definition) is 1. The van der Waals surface area contributed by atoms with Gasteiger partial charge in [0.1, 0.15) is 24.2 Å². The zero-order valence-corrected chi connectivity index (χ0v) is 21.0. The zero-order valence-electron chi connectivity index (χ0n) is 20.3. The van der Waals surface area contributed by atoms with Crippen LogP contribution in [0.3, 0.4) is 0 Å². The first-order valence-electron chi connectivity index (χ1n) is 12.2. The third-order valence-corrected chi connectivity index (χ3v) is 6.44. The van der Waals surface area contributed by atoms with Crippen molar-refractivity contribution < 1.29 is 14.6 Å². The summed E-state index contributed by atoms with van der Waals surface area (Å²) in [5.41, 5.74) is 2.69. The van der Waals surface area contributed by atoms with E-state index in [0.29, 0.717) is 30.0 Å². The lowest BCUT2D eigenvalue weighted by Crippen LogP contribution is -2.36. The minimum atomic E-state index is -0.618. The first-order valence-corrected chi connectivity index (χ1v) is 12.6. The third kappa shape index (κ3) is 6.08. The van der Waals surface area contributed by atoms with Crippen molar-refractivity contribution in [1.82, 2.24) is 14.7 Å². The van der Waals surface area contributed by atoms with Gasteiger partial charge in [-0.2, -0.15) is 5.10 Å². The summed E-state index contributed by atoms with van der Waals surface area (Å²) in [5, 5.41) is 16.2. The van der Waals surface area contributed by atoms with Gasteiger partial charge in [0, 0.05) is 24.2 Å². The first kappa shape index (κ1) is 24.4. The maximum absolute atomic E-state index is 10.8. The minimum Gasteiger partial charge on any atom is -0.491 e. The zero-order chi connectivity index (χ0) is 24.9. The van der Waals surface area contributed by atoms with Gasteiger partial charge in [0.25, 0.3) is 0 Å². The van der Waals surface area contributed by atoms with E-state index in [1.165, 1.54) is 0 Å². The molecule has 0 spiro atoms. The third-order valence-electron chi connectivity index (χ3n) is 6.20. The standard InChI is InChI=1S/C29H30ClN3O3/c1-21-28(19-32(23-15-16-23)18-25(34)20-35-26-11-4-2-5-12-26)29(36-27-13-6-3-7-14-27)33(31-21)24-10-8-9-22(30)17-24/h2-14,17,23,25,34H,15-16,18-20H2,1H3/t25-/m1/s1. The highest BCUT2D eigenvalue weighted by Crippen LogP contribution is 2.35. The Morgan fingerprint density at radius 3 is 2.36 bits per heavy atom. The molecule has 1 fully saturated rings. The number of halogens is 1. The van der Waals surface area contributed by atoms with Gasteiger partial charge in [0.15, 0.2) is 0 Å². The largest absolute Gasteiger partial charge is 0.491 e. The molecular formula is C29H30ClN3O3. The van der Waals surface area contributed by atoms with Crippen LogP contribution >= 0.6 is 11.6 Å². The molecule has 0 radical (unpaired) electrons. The van der Waals surface area contributed by atoms with E-state index in [2.05, 4.69) is 4.90 Å². The lowest BCUT2D eigenvalue weighted by Gasteiger charge is -2.25. The van der Waals surface area contributed by atoms with Gasteiger partial charge in [-0.1, -0.05) is 54.1 Å². The summed E-state index contributed by atoms with van der Waals surface area (Å²) >= 11 is 6.29. The monoisotopic (exact) mass is 503 g/mol. The smallest absolute Gasteiger partial charge is 0.227 e. The van der Waals surface area contributed by atoms with E-state index in [1.54, 1.807) is 0 Å². The van der Waals surface area contributed by atoms with Gasteiger partial charge in [-0.05, 0) is 62.2 Å². The van der Waals surface area contributed by atoms with Gasteiger partial charge in [-0.3, -0.25) is 4.90 Å². The summed E-state index contributed by atoms with van der Waals surface area (Å²) < 4.78 is 14.0. The summed E-state index contributed by atoms with van der Waals surface area (Å²) in [6.07, 6.45) is 1.61. The van der Waals surface area contributed by atoms with E-state index < -0.39 is 6.10 Å². The number of aromatic nitrogens is 2. The minimum absolute atomic E-state index is 0.237. The molecular weight excluding hydrogens is 474 g/mol. The average molecular weight is 504 g/mol. The fourth-order valence-electron chi connectivity index (χ4n) is 4.23. The fraction of sp³-hybridized carbons (Fsp3) is 0.276. The molecule has 4 aromatic rings. The molecule has 1 aliphatic rings. The van der Waals surface area contributed by atoms with Crippen LogP contribution in [0.1, 0.15) is 24.1 Å². The molecule has 1 heterocycles. The summed E-state index contributed by atoms with van der Waals surface area (Å²) in [6.45, 7) is 3.35. The van der Waals surface area contributed by atoms with E-state index in [9.17, 15) is 5.11 Å². The number of para-hydroxylation sites is 2. The van der Waals surface area contributed by atoms with Crippen LogP contribution in [-0.2, 0) is 6.54 Å². The molecule has 0 amide bonds. The van der Waals surface area contributed by atoms with E-state index in [-0.39, 0.29) is 6.61 Å². The normalized spacial score (nSPS) is 14.1. The van der Waals surface area contributed by atoms with Gasteiger partial charge in [0.2, 0.25) is 5.88 Å². The maximum atomic E-state index is 10.8. The van der Waals surface area contributed by atoms with Crippen LogP contribution in [0.4, 0.5) is 0 Å². The Bertz CT molecular complexity index is 1280. The van der Waals surface area contributed by atoms with E-state index in [4.69, 9.17) is 26.2 Å². The highest BCUT2D eigenvalue weighted by molar-refractivity contribution is 6.30. The van der Waals surface area contributed by atoms with Crippen LogP contribution in [0.2, 0.25) is 5.02 Å². The first-order chi connectivity index (χ1) is 17.6. The SMILES string of the molecule is Cc1nn(-c2cccc(Cl)c2)c(Oc2ccccc2)c1CN(C[C@@H](O)COc1ccccc1)C1CC1. The highest BCUT2D eigenvalue weighted by Gasteiger charge is 2.32. The van der Waals surface area contributed by atoms with Crippen molar-refractivity contribution in [3.05, 3.63) is 101 Å². The molecule has 0 aliphatic heterocycles. The van der Waals surface area contributed by atoms with Crippen molar-refractivity contribution in [2.45, 2.75) is 38.5 Å². The maximum Gasteiger partial charge on any atom is 0.227 e. The number of aryl methyl sites for hydroxylation is 1. The fourth-order valence-corrected chi connectivity index (χ4v) is 4.41. The van der Waals surface area contributed by atoms with Crippen molar-refractivity contribution in [3.63, 3.8) is 0 Å². The van der Waals surface area contributed by atoms with Gasteiger partial charge >= 0.3 is 0 Å². The topological polar surface area (TPSA) is 59.8 Å². The van der Waals surface area contributed by atoms with Crippen molar-refractivity contribution in [1.29, 1.82) is 0 Å². The summed E-state index contributed by atoms with van der Waals surface area (Å²) in [6, 6.07) is 27.3. The van der Waals surface area contributed by atoms with Crippen LogP contribution in [0.15, 0.2) is 84.9 Å². The van der Waals surface area contributed by atoms with Crippen LogP contribution in [-0.4, -0.2) is 45.1 Å². The summed E-state index contributed by atoms with van der Waals surface area (Å²) in [7, 11) is 0. The Morgan fingerprint density at radius 1 is 1.00 bits per heavy atom. The van der Waals surface area contributed by atoms with Gasteiger partial charge < -0.3 is 14.6 Å². The molecule has 0 saturated heterocycles. The molecule has 186 valence electrons. The second kappa shape index (κ2) is 11.2. The number of aliphatic hydroxyl groups excluding tert-OH is 1. The molecule has 0 bridgehead atoms.